The fourth-order valence-electron chi connectivity index (χ4n) is 1.50. The number of imidazole rings is 1. The molecule has 1 aromatic carbocycles. The fraction of sp³-hybridized carbons (Fsp3) is 0.222. The van der Waals surface area contributed by atoms with Crippen LogP contribution >= 0.6 is 15.9 Å². The molecule has 0 aliphatic carbocycles. The van der Waals surface area contributed by atoms with Gasteiger partial charge in [0.1, 0.15) is 5.52 Å². The van der Waals surface area contributed by atoms with Gasteiger partial charge in [-0.1, -0.05) is 0 Å². The molecule has 16 heavy (non-hydrogen) atoms. The first-order valence-corrected chi connectivity index (χ1v) is 5.32. The number of fused-ring (bicyclic) bond motifs is 1. The molecule has 7 heteroatoms. The second kappa shape index (κ2) is 4.18. The van der Waals surface area contributed by atoms with E-state index < -0.39 is 4.92 Å². The number of aromatic nitrogens is 2. The molecule has 0 radical (unpaired) electrons. The molecule has 0 saturated carbocycles. The largest absolute Gasteiger partial charge is 0.395 e. The Kier molecular flexibility index (Phi) is 2.88. The van der Waals surface area contributed by atoms with E-state index in [1.807, 2.05) is 0 Å². The second-order valence-electron chi connectivity index (χ2n) is 3.21. The highest BCUT2D eigenvalue weighted by molar-refractivity contribution is 9.10. The first-order valence-electron chi connectivity index (χ1n) is 4.53. The summed E-state index contributed by atoms with van der Waals surface area (Å²) in [5.74, 6) is 0. The molecular weight excluding hydrogens is 278 g/mol. The lowest BCUT2D eigenvalue weighted by Gasteiger charge is -2.01. The number of non-ortho nitro benzene ring substituents is 1. The maximum atomic E-state index is 10.7. The van der Waals surface area contributed by atoms with Gasteiger partial charge in [0, 0.05) is 18.7 Å². The Morgan fingerprint density at radius 3 is 2.94 bits per heavy atom. The van der Waals surface area contributed by atoms with Gasteiger partial charge in [-0.25, -0.2) is 4.98 Å². The minimum Gasteiger partial charge on any atom is -0.395 e. The number of halogens is 1. The maximum absolute atomic E-state index is 10.7. The number of hydrogen-bond donors (Lipinski definition) is 1. The van der Waals surface area contributed by atoms with Crippen molar-refractivity contribution in [1.82, 2.24) is 9.55 Å². The predicted molar refractivity (Wildman–Crippen MR) is 61.2 cm³/mol. The molecule has 0 aliphatic rings. The van der Waals surface area contributed by atoms with Crippen LogP contribution in [0, 0.1) is 10.1 Å². The Hall–Kier alpha value is -1.47. The third kappa shape index (κ3) is 1.79. The Bertz CT molecular complexity index is 552. The summed E-state index contributed by atoms with van der Waals surface area (Å²) in [4.78, 5) is 14.4. The quantitative estimate of drug-likeness (QED) is 0.687. The highest BCUT2D eigenvalue weighted by Gasteiger charge is 2.13. The number of nitro benzene ring substituents is 1. The first-order chi connectivity index (χ1) is 7.63. The van der Waals surface area contributed by atoms with Crippen LogP contribution in [0.5, 0.6) is 0 Å². The van der Waals surface area contributed by atoms with E-state index in [0.29, 0.717) is 22.1 Å². The summed E-state index contributed by atoms with van der Waals surface area (Å²) in [5, 5.41) is 19.5. The van der Waals surface area contributed by atoms with Crippen molar-refractivity contribution in [3.05, 3.63) is 33.0 Å². The van der Waals surface area contributed by atoms with Gasteiger partial charge in [0.15, 0.2) is 0 Å². The Morgan fingerprint density at radius 1 is 1.56 bits per heavy atom. The summed E-state index contributed by atoms with van der Waals surface area (Å²) < 4.78 is 2.25. The van der Waals surface area contributed by atoms with Crippen LogP contribution in [0.3, 0.4) is 0 Å². The lowest BCUT2D eigenvalue weighted by molar-refractivity contribution is -0.384. The lowest BCUT2D eigenvalue weighted by Crippen LogP contribution is -2.00. The molecule has 2 aromatic rings. The van der Waals surface area contributed by atoms with Crippen LogP contribution in [0.4, 0.5) is 5.69 Å². The molecule has 0 bridgehead atoms. The van der Waals surface area contributed by atoms with Crippen LogP contribution in [0.2, 0.25) is 0 Å². The number of benzene rings is 1. The molecule has 1 N–H and O–H groups in total. The monoisotopic (exact) mass is 285 g/mol. The summed E-state index contributed by atoms with van der Waals surface area (Å²) in [6, 6.07) is 2.86. The summed E-state index contributed by atoms with van der Waals surface area (Å²) in [6.07, 6.45) is 1.55. The number of nitrogens with zero attached hydrogens (tertiary/aromatic N) is 3. The van der Waals surface area contributed by atoms with Crippen LogP contribution in [-0.4, -0.2) is 26.2 Å². The third-order valence-electron chi connectivity index (χ3n) is 2.22. The van der Waals surface area contributed by atoms with Gasteiger partial charge in [-0.2, -0.15) is 0 Å². The molecule has 2 rings (SSSR count). The first kappa shape index (κ1) is 11.0. The van der Waals surface area contributed by atoms with Crippen molar-refractivity contribution in [2.24, 2.45) is 0 Å². The van der Waals surface area contributed by atoms with E-state index >= 15 is 0 Å². The van der Waals surface area contributed by atoms with Crippen molar-refractivity contribution < 1.29 is 10.0 Å². The molecule has 0 spiro atoms. The number of hydrogen-bond acceptors (Lipinski definition) is 4. The minimum absolute atomic E-state index is 0.000866. The number of aliphatic hydroxyl groups excluding tert-OH is 1. The zero-order valence-electron chi connectivity index (χ0n) is 8.13. The average molecular weight is 286 g/mol. The molecule has 0 fully saturated rings. The maximum Gasteiger partial charge on any atom is 0.272 e. The van der Waals surface area contributed by atoms with Crippen LogP contribution in [0.25, 0.3) is 11.0 Å². The summed E-state index contributed by atoms with van der Waals surface area (Å²) >= 11 is 3.24. The Labute approximate surface area is 98.8 Å². The molecule has 0 saturated heterocycles. The standard InChI is InChI=1S/C9H8BrN3O3/c10-7-3-6(13(15)16)4-8-9(7)11-5-12(8)1-2-14/h3-5,14H,1-2H2. The molecule has 84 valence electrons. The van der Waals surface area contributed by atoms with E-state index in [1.165, 1.54) is 12.1 Å². The highest BCUT2D eigenvalue weighted by Crippen LogP contribution is 2.28. The van der Waals surface area contributed by atoms with Gasteiger partial charge in [-0.3, -0.25) is 10.1 Å². The van der Waals surface area contributed by atoms with Gasteiger partial charge in [0.2, 0.25) is 0 Å². The van der Waals surface area contributed by atoms with Crippen LogP contribution in [-0.2, 0) is 6.54 Å². The zero-order valence-corrected chi connectivity index (χ0v) is 9.72. The number of aliphatic hydroxyl groups is 1. The van der Waals surface area contributed by atoms with Crippen LogP contribution < -0.4 is 0 Å². The van der Waals surface area contributed by atoms with Crippen molar-refractivity contribution >= 4 is 32.7 Å². The van der Waals surface area contributed by atoms with Gasteiger partial charge < -0.3 is 9.67 Å². The van der Waals surface area contributed by atoms with Gasteiger partial charge in [-0.15, -0.1) is 0 Å². The van der Waals surface area contributed by atoms with E-state index in [9.17, 15) is 10.1 Å². The SMILES string of the molecule is O=[N+]([O-])c1cc(Br)c2ncn(CCO)c2c1. The third-order valence-corrected chi connectivity index (χ3v) is 2.82. The topological polar surface area (TPSA) is 81.2 Å². The minimum atomic E-state index is -0.458. The van der Waals surface area contributed by atoms with Gasteiger partial charge in [0.25, 0.3) is 5.69 Å². The van der Waals surface area contributed by atoms with E-state index in [4.69, 9.17) is 5.11 Å². The lowest BCUT2D eigenvalue weighted by atomic mass is 10.3. The second-order valence-corrected chi connectivity index (χ2v) is 4.07. The Morgan fingerprint density at radius 2 is 2.31 bits per heavy atom. The van der Waals surface area contributed by atoms with E-state index in [2.05, 4.69) is 20.9 Å². The molecule has 6 nitrogen and oxygen atoms in total. The van der Waals surface area contributed by atoms with E-state index in [-0.39, 0.29) is 12.3 Å². The summed E-state index contributed by atoms with van der Waals surface area (Å²) in [7, 11) is 0. The van der Waals surface area contributed by atoms with Crippen molar-refractivity contribution in [1.29, 1.82) is 0 Å². The summed E-state index contributed by atoms with van der Waals surface area (Å²) in [5.41, 5.74) is 1.29. The average Bonchev–Trinajstić information content (AvgIpc) is 2.63. The molecular formula is C9H8BrN3O3. The predicted octanol–water partition coefficient (Wildman–Crippen LogP) is 1.70. The van der Waals surface area contributed by atoms with Crippen molar-refractivity contribution in [2.75, 3.05) is 6.61 Å². The van der Waals surface area contributed by atoms with E-state index in [1.54, 1.807) is 10.9 Å². The smallest absolute Gasteiger partial charge is 0.272 e. The molecule has 1 heterocycles. The molecule has 0 amide bonds. The van der Waals surface area contributed by atoms with Gasteiger partial charge >= 0.3 is 0 Å². The Balaban J connectivity index is 2.66. The van der Waals surface area contributed by atoms with Gasteiger partial charge in [-0.05, 0) is 15.9 Å². The highest BCUT2D eigenvalue weighted by atomic mass is 79.9. The molecule has 0 unspecified atom stereocenters. The fourth-order valence-corrected chi connectivity index (χ4v) is 2.04. The molecule has 1 aromatic heterocycles. The van der Waals surface area contributed by atoms with E-state index in [0.717, 1.165) is 0 Å². The van der Waals surface area contributed by atoms with Gasteiger partial charge in [0.05, 0.1) is 27.8 Å². The number of rotatable bonds is 3. The van der Waals surface area contributed by atoms with Crippen molar-refractivity contribution in [3.63, 3.8) is 0 Å². The zero-order chi connectivity index (χ0) is 11.7. The number of nitro groups is 1. The molecule has 0 aliphatic heterocycles. The molecule has 0 atom stereocenters. The van der Waals surface area contributed by atoms with Crippen molar-refractivity contribution in [3.8, 4) is 0 Å². The van der Waals surface area contributed by atoms with Crippen molar-refractivity contribution in [2.45, 2.75) is 6.54 Å². The summed E-state index contributed by atoms with van der Waals surface area (Å²) in [6.45, 7) is 0.329. The van der Waals surface area contributed by atoms with Crippen LogP contribution in [0.15, 0.2) is 22.9 Å². The normalized spacial score (nSPS) is 10.9. The van der Waals surface area contributed by atoms with Crippen LogP contribution in [0.1, 0.15) is 0 Å².